The number of fused-ring (bicyclic) bond motifs is 1. The highest BCUT2D eigenvalue weighted by molar-refractivity contribution is 5.35. The fourth-order valence-corrected chi connectivity index (χ4v) is 2.96. The molecule has 0 heterocycles. The van der Waals surface area contributed by atoms with Crippen LogP contribution in [0.5, 0.6) is 0 Å². The lowest BCUT2D eigenvalue weighted by atomic mass is 10.1. The van der Waals surface area contributed by atoms with Crippen LogP contribution in [0.1, 0.15) is 43.4 Å². The Hall–Kier alpha value is -0.900. The first-order valence-electron chi connectivity index (χ1n) is 7.38. The second kappa shape index (κ2) is 7.04. The number of unbranched alkanes of at least 4 members (excludes halogenated alkanes) is 1. The van der Waals surface area contributed by atoms with Gasteiger partial charge in [-0.2, -0.15) is 0 Å². The standard InChI is InChI=1S/C16H25NO2/c1-2-3-9-17(10-6-11-18)15-12-13-7-4-5-8-14(13)16(15)19/h4-5,7-8,15-16,18-19H,2-3,6,9-12H2,1H3. The van der Waals surface area contributed by atoms with Crippen LogP contribution in [0.3, 0.4) is 0 Å². The van der Waals surface area contributed by atoms with E-state index in [1.807, 2.05) is 18.2 Å². The third-order valence-corrected chi connectivity index (χ3v) is 4.04. The quantitative estimate of drug-likeness (QED) is 0.792. The molecule has 3 nitrogen and oxygen atoms in total. The summed E-state index contributed by atoms with van der Waals surface area (Å²) in [6.45, 7) is 4.28. The van der Waals surface area contributed by atoms with E-state index < -0.39 is 0 Å². The lowest BCUT2D eigenvalue weighted by Gasteiger charge is -2.31. The van der Waals surface area contributed by atoms with E-state index in [0.29, 0.717) is 0 Å². The SMILES string of the molecule is CCCCN(CCCO)C1Cc2ccccc2C1O. The van der Waals surface area contributed by atoms with E-state index in [0.717, 1.165) is 44.3 Å². The van der Waals surface area contributed by atoms with Gasteiger partial charge in [0.15, 0.2) is 0 Å². The number of rotatable bonds is 7. The molecule has 0 saturated carbocycles. The topological polar surface area (TPSA) is 43.7 Å². The Morgan fingerprint density at radius 3 is 2.63 bits per heavy atom. The van der Waals surface area contributed by atoms with Crippen LogP contribution in [0.15, 0.2) is 24.3 Å². The minimum Gasteiger partial charge on any atom is -0.396 e. The van der Waals surface area contributed by atoms with Gasteiger partial charge in [-0.1, -0.05) is 37.6 Å². The molecule has 1 aromatic rings. The number of nitrogens with zero attached hydrogens (tertiary/aromatic N) is 1. The summed E-state index contributed by atoms with van der Waals surface area (Å²) in [5, 5.41) is 19.5. The Balaban J connectivity index is 2.06. The lowest BCUT2D eigenvalue weighted by Crippen LogP contribution is -2.40. The Bertz CT molecular complexity index is 386. The molecular formula is C16H25NO2. The number of hydrogen-bond acceptors (Lipinski definition) is 3. The minimum atomic E-state index is -0.383. The minimum absolute atomic E-state index is 0.176. The van der Waals surface area contributed by atoms with Gasteiger partial charge in [0.1, 0.15) is 0 Å². The zero-order valence-corrected chi connectivity index (χ0v) is 11.8. The van der Waals surface area contributed by atoms with Crippen LogP contribution in [0, 0.1) is 0 Å². The van der Waals surface area contributed by atoms with Gasteiger partial charge in [0, 0.05) is 19.2 Å². The van der Waals surface area contributed by atoms with E-state index in [2.05, 4.69) is 17.9 Å². The molecule has 2 unspecified atom stereocenters. The summed E-state index contributed by atoms with van der Waals surface area (Å²) in [6.07, 6.45) is 3.62. The highest BCUT2D eigenvalue weighted by Crippen LogP contribution is 2.34. The second-order valence-electron chi connectivity index (χ2n) is 5.38. The van der Waals surface area contributed by atoms with Crippen LogP contribution in [0.25, 0.3) is 0 Å². The normalized spacial score (nSPS) is 21.9. The molecule has 0 radical (unpaired) electrons. The molecule has 1 aliphatic carbocycles. The van der Waals surface area contributed by atoms with Gasteiger partial charge in [-0.05, 0) is 36.9 Å². The summed E-state index contributed by atoms with van der Waals surface area (Å²) >= 11 is 0. The first-order chi connectivity index (χ1) is 9.27. The van der Waals surface area contributed by atoms with E-state index >= 15 is 0 Å². The first kappa shape index (κ1) is 14.5. The first-order valence-corrected chi connectivity index (χ1v) is 7.38. The maximum Gasteiger partial charge on any atom is 0.0951 e. The molecule has 19 heavy (non-hydrogen) atoms. The van der Waals surface area contributed by atoms with Crippen LogP contribution in [0.4, 0.5) is 0 Å². The van der Waals surface area contributed by atoms with Crippen molar-refractivity contribution in [2.24, 2.45) is 0 Å². The van der Waals surface area contributed by atoms with Gasteiger partial charge in [-0.3, -0.25) is 4.90 Å². The molecule has 0 fully saturated rings. The maximum absolute atomic E-state index is 10.5. The molecule has 1 aliphatic rings. The van der Waals surface area contributed by atoms with Crippen molar-refractivity contribution in [2.45, 2.75) is 44.8 Å². The highest BCUT2D eigenvalue weighted by Gasteiger charge is 2.34. The third kappa shape index (κ3) is 3.35. The summed E-state index contributed by atoms with van der Waals surface area (Å²) in [7, 11) is 0. The highest BCUT2D eigenvalue weighted by atomic mass is 16.3. The molecule has 0 aromatic heterocycles. The second-order valence-corrected chi connectivity index (χ2v) is 5.38. The van der Waals surface area contributed by atoms with Crippen molar-refractivity contribution < 1.29 is 10.2 Å². The van der Waals surface area contributed by atoms with Crippen LogP contribution in [-0.2, 0) is 6.42 Å². The van der Waals surface area contributed by atoms with Gasteiger partial charge in [0.2, 0.25) is 0 Å². The molecule has 3 heteroatoms. The molecule has 0 spiro atoms. The summed E-state index contributed by atoms with van der Waals surface area (Å²) in [5.74, 6) is 0. The molecule has 1 aromatic carbocycles. The Morgan fingerprint density at radius 2 is 1.95 bits per heavy atom. The summed E-state index contributed by atoms with van der Waals surface area (Å²) in [4.78, 5) is 2.35. The molecule has 2 rings (SSSR count). The number of hydrogen-bond donors (Lipinski definition) is 2. The molecular weight excluding hydrogens is 238 g/mol. The fourth-order valence-electron chi connectivity index (χ4n) is 2.96. The number of benzene rings is 1. The van der Waals surface area contributed by atoms with Crippen LogP contribution in [0.2, 0.25) is 0 Å². The lowest BCUT2D eigenvalue weighted by molar-refractivity contribution is 0.0557. The van der Waals surface area contributed by atoms with Crippen molar-refractivity contribution in [3.63, 3.8) is 0 Å². The zero-order valence-electron chi connectivity index (χ0n) is 11.8. The Labute approximate surface area is 115 Å². The largest absolute Gasteiger partial charge is 0.396 e. The van der Waals surface area contributed by atoms with Crippen molar-refractivity contribution in [1.29, 1.82) is 0 Å². The summed E-state index contributed by atoms with van der Waals surface area (Å²) in [6, 6.07) is 8.36. The fraction of sp³-hybridized carbons (Fsp3) is 0.625. The molecule has 2 atom stereocenters. The van der Waals surface area contributed by atoms with E-state index in [1.54, 1.807) is 0 Å². The van der Waals surface area contributed by atoms with E-state index in [-0.39, 0.29) is 18.8 Å². The van der Waals surface area contributed by atoms with Gasteiger partial charge in [0.25, 0.3) is 0 Å². The van der Waals surface area contributed by atoms with Crippen molar-refractivity contribution >= 4 is 0 Å². The monoisotopic (exact) mass is 263 g/mol. The predicted molar refractivity (Wildman–Crippen MR) is 77.1 cm³/mol. The van der Waals surface area contributed by atoms with Gasteiger partial charge in [0.05, 0.1) is 6.10 Å². The van der Waals surface area contributed by atoms with Crippen LogP contribution in [-0.4, -0.2) is 40.9 Å². The molecule has 2 N–H and O–H groups in total. The van der Waals surface area contributed by atoms with Crippen molar-refractivity contribution in [1.82, 2.24) is 4.90 Å². The van der Waals surface area contributed by atoms with E-state index in [1.165, 1.54) is 5.56 Å². The number of aliphatic hydroxyl groups is 2. The predicted octanol–water partition coefficient (Wildman–Crippen LogP) is 2.13. The maximum atomic E-state index is 10.5. The van der Waals surface area contributed by atoms with E-state index in [4.69, 9.17) is 5.11 Å². The zero-order chi connectivity index (χ0) is 13.7. The van der Waals surface area contributed by atoms with Crippen molar-refractivity contribution in [2.75, 3.05) is 19.7 Å². The summed E-state index contributed by atoms with van der Waals surface area (Å²) < 4.78 is 0. The third-order valence-electron chi connectivity index (χ3n) is 4.04. The number of aliphatic hydroxyl groups excluding tert-OH is 2. The van der Waals surface area contributed by atoms with Gasteiger partial charge in [-0.25, -0.2) is 0 Å². The molecule has 0 amide bonds. The van der Waals surface area contributed by atoms with Crippen LogP contribution < -0.4 is 0 Å². The summed E-state index contributed by atoms with van der Waals surface area (Å²) in [5.41, 5.74) is 2.35. The Kier molecular flexibility index (Phi) is 5.37. The van der Waals surface area contributed by atoms with Crippen molar-refractivity contribution in [3.05, 3.63) is 35.4 Å². The Morgan fingerprint density at radius 1 is 1.21 bits per heavy atom. The average Bonchev–Trinajstić information content (AvgIpc) is 2.77. The van der Waals surface area contributed by atoms with E-state index in [9.17, 15) is 5.11 Å². The van der Waals surface area contributed by atoms with Gasteiger partial charge in [-0.15, -0.1) is 0 Å². The molecule has 0 saturated heterocycles. The van der Waals surface area contributed by atoms with Gasteiger partial charge >= 0.3 is 0 Å². The average molecular weight is 263 g/mol. The molecule has 0 bridgehead atoms. The molecule has 106 valence electrons. The molecule has 0 aliphatic heterocycles. The van der Waals surface area contributed by atoms with Crippen molar-refractivity contribution in [3.8, 4) is 0 Å². The van der Waals surface area contributed by atoms with Gasteiger partial charge < -0.3 is 10.2 Å². The smallest absolute Gasteiger partial charge is 0.0951 e. The van der Waals surface area contributed by atoms with Crippen LogP contribution >= 0.6 is 0 Å².